The van der Waals surface area contributed by atoms with Gasteiger partial charge in [-0.15, -0.1) is 0 Å². The Bertz CT molecular complexity index is 478. The molecule has 1 aromatic rings. The highest BCUT2D eigenvalue weighted by molar-refractivity contribution is 5.62. The molecule has 1 heterocycles. The minimum atomic E-state index is 0.877. The number of quaternary nitrogens is 1. The van der Waals surface area contributed by atoms with Crippen molar-refractivity contribution in [2.24, 2.45) is 0 Å². The van der Waals surface area contributed by atoms with Crippen molar-refractivity contribution < 1.29 is 4.48 Å². The molecule has 22 heavy (non-hydrogen) atoms. The molecule has 0 aliphatic carbocycles. The second-order valence-corrected chi connectivity index (χ2v) is 7.65. The minimum absolute atomic E-state index is 0.877. The van der Waals surface area contributed by atoms with Crippen LogP contribution in [0, 0.1) is 0 Å². The van der Waals surface area contributed by atoms with Crippen LogP contribution in [0.5, 0.6) is 0 Å². The fraction of sp³-hybridized carbons (Fsp3) is 0.667. The van der Waals surface area contributed by atoms with Crippen molar-refractivity contribution >= 4 is 11.4 Å². The van der Waals surface area contributed by atoms with E-state index in [1.807, 2.05) is 6.07 Å². The van der Waals surface area contributed by atoms with Gasteiger partial charge in [-0.1, -0.05) is 6.07 Å². The highest BCUT2D eigenvalue weighted by Crippen LogP contribution is 2.28. The number of nitrogens with two attached hydrogens (primary N) is 1. The molecule has 0 bridgehead atoms. The molecule has 1 aromatic carbocycles. The second-order valence-electron chi connectivity index (χ2n) is 7.65. The van der Waals surface area contributed by atoms with Crippen LogP contribution in [0.4, 0.5) is 11.4 Å². The Hall–Kier alpha value is -1.26. The Morgan fingerprint density at radius 1 is 1.23 bits per heavy atom. The lowest BCUT2D eigenvalue weighted by atomic mass is 10.0. The van der Waals surface area contributed by atoms with Crippen molar-refractivity contribution in [3.05, 3.63) is 23.8 Å². The third kappa shape index (κ3) is 5.18. The fourth-order valence-corrected chi connectivity index (χ4v) is 3.12. The third-order valence-electron chi connectivity index (χ3n) is 4.44. The SMILES string of the molecule is CN(CCC[N+](C)(C)C)CCN1CCCc2ccc(N)cc21. The van der Waals surface area contributed by atoms with Gasteiger partial charge in [0.1, 0.15) is 0 Å². The van der Waals surface area contributed by atoms with Gasteiger partial charge >= 0.3 is 0 Å². The molecule has 0 amide bonds. The van der Waals surface area contributed by atoms with Crippen molar-refractivity contribution in [1.82, 2.24) is 4.90 Å². The molecule has 0 unspecified atom stereocenters. The summed E-state index contributed by atoms with van der Waals surface area (Å²) in [6.07, 6.45) is 3.69. The molecule has 0 saturated heterocycles. The molecule has 1 aliphatic heterocycles. The number of likely N-dealkylation sites (N-methyl/N-ethyl adjacent to an activating group) is 1. The van der Waals surface area contributed by atoms with E-state index in [-0.39, 0.29) is 0 Å². The zero-order valence-corrected chi connectivity index (χ0v) is 14.8. The first kappa shape index (κ1) is 17.1. The molecule has 0 radical (unpaired) electrons. The first-order valence-corrected chi connectivity index (χ1v) is 8.47. The average molecular weight is 305 g/mol. The van der Waals surface area contributed by atoms with Gasteiger partial charge in [-0.25, -0.2) is 0 Å². The van der Waals surface area contributed by atoms with Crippen LogP contribution < -0.4 is 10.6 Å². The predicted octanol–water partition coefficient (Wildman–Crippen LogP) is 2.05. The van der Waals surface area contributed by atoms with Gasteiger partial charge in [0.2, 0.25) is 0 Å². The summed E-state index contributed by atoms with van der Waals surface area (Å²) in [5, 5.41) is 0. The second kappa shape index (κ2) is 7.34. The van der Waals surface area contributed by atoms with Crippen LogP contribution >= 0.6 is 0 Å². The van der Waals surface area contributed by atoms with Gasteiger partial charge in [-0.3, -0.25) is 0 Å². The predicted molar refractivity (Wildman–Crippen MR) is 96.4 cm³/mol. The number of hydrogen-bond acceptors (Lipinski definition) is 3. The average Bonchev–Trinajstić information content (AvgIpc) is 2.43. The number of nitrogens with zero attached hydrogens (tertiary/aromatic N) is 3. The van der Waals surface area contributed by atoms with E-state index in [4.69, 9.17) is 5.73 Å². The number of aryl methyl sites for hydroxylation is 1. The van der Waals surface area contributed by atoms with Gasteiger partial charge in [0.25, 0.3) is 0 Å². The summed E-state index contributed by atoms with van der Waals surface area (Å²) in [4.78, 5) is 4.96. The zero-order valence-electron chi connectivity index (χ0n) is 14.8. The van der Waals surface area contributed by atoms with Gasteiger partial charge in [0.05, 0.1) is 27.7 Å². The fourth-order valence-electron chi connectivity index (χ4n) is 3.12. The molecule has 2 rings (SSSR count). The lowest BCUT2D eigenvalue weighted by molar-refractivity contribution is -0.870. The number of rotatable bonds is 7. The summed E-state index contributed by atoms with van der Waals surface area (Å²) >= 11 is 0. The number of hydrogen-bond donors (Lipinski definition) is 1. The van der Waals surface area contributed by atoms with Crippen molar-refractivity contribution in [2.75, 3.05) is 71.5 Å². The van der Waals surface area contributed by atoms with Gasteiger partial charge in [0.15, 0.2) is 0 Å². The summed E-state index contributed by atoms with van der Waals surface area (Å²) in [5.41, 5.74) is 9.65. The lowest BCUT2D eigenvalue weighted by Crippen LogP contribution is -2.39. The van der Waals surface area contributed by atoms with E-state index < -0.39 is 0 Å². The highest BCUT2D eigenvalue weighted by Gasteiger charge is 2.17. The lowest BCUT2D eigenvalue weighted by Gasteiger charge is -2.33. The Labute approximate surface area is 136 Å². The van der Waals surface area contributed by atoms with Crippen molar-refractivity contribution in [1.29, 1.82) is 0 Å². The molecule has 0 saturated carbocycles. The van der Waals surface area contributed by atoms with Gasteiger partial charge in [-0.05, 0) is 37.6 Å². The van der Waals surface area contributed by atoms with Crippen molar-refractivity contribution in [2.45, 2.75) is 19.3 Å². The van der Waals surface area contributed by atoms with Crippen molar-refractivity contribution in [3.8, 4) is 0 Å². The maximum absolute atomic E-state index is 5.97. The molecule has 4 heteroatoms. The van der Waals surface area contributed by atoms with Crippen LogP contribution in [0.2, 0.25) is 0 Å². The summed E-state index contributed by atoms with van der Waals surface area (Å²) in [5.74, 6) is 0. The molecule has 124 valence electrons. The smallest absolute Gasteiger partial charge is 0.0792 e. The normalized spacial score (nSPS) is 15.2. The molecule has 0 aromatic heterocycles. The first-order valence-electron chi connectivity index (χ1n) is 8.47. The first-order chi connectivity index (χ1) is 10.3. The van der Waals surface area contributed by atoms with Crippen LogP contribution in [0.1, 0.15) is 18.4 Å². The van der Waals surface area contributed by atoms with Gasteiger partial charge in [0, 0.05) is 44.0 Å². The van der Waals surface area contributed by atoms with E-state index in [1.54, 1.807) is 0 Å². The van der Waals surface area contributed by atoms with Crippen LogP contribution in [0.25, 0.3) is 0 Å². The molecule has 2 N–H and O–H groups in total. The standard InChI is InChI=1S/C18H33N4/c1-20(10-6-14-22(2,3)4)12-13-21-11-5-7-16-8-9-17(19)15-18(16)21/h8-9,15H,5-7,10-14,19H2,1-4H3/q+1. The Morgan fingerprint density at radius 3 is 2.73 bits per heavy atom. The Morgan fingerprint density at radius 2 is 2.00 bits per heavy atom. The number of anilines is 2. The maximum atomic E-state index is 5.97. The van der Waals surface area contributed by atoms with E-state index in [1.165, 1.54) is 43.6 Å². The minimum Gasteiger partial charge on any atom is -0.399 e. The number of nitrogen functional groups attached to an aromatic ring is 1. The molecule has 1 aliphatic rings. The number of fused-ring (bicyclic) bond motifs is 1. The molecular weight excluding hydrogens is 272 g/mol. The van der Waals surface area contributed by atoms with Gasteiger partial charge < -0.3 is 20.0 Å². The van der Waals surface area contributed by atoms with E-state index in [0.717, 1.165) is 29.8 Å². The molecule has 0 spiro atoms. The summed E-state index contributed by atoms with van der Waals surface area (Å²) in [7, 11) is 9.01. The quantitative estimate of drug-likeness (QED) is 0.618. The maximum Gasteiger partial charge on any atom is 0.0792 e. The van der Waals surface area contributed by atoms with Crippen LogP contribution in [-0.2, 0) is 6.42 Å². The van der Waals surface area contributed by atoms with E-state index in [9.17, 15) is 0 Å². The summed E-state index contributed by atoms with van der Waals surface area (Å²) < 4.78 is 1.05. The molecule has 0 fully saturated rings. The largest absolute Gasteiger partial charge is 0.399 e. The van der Waals surface area contributed by atoms with E-state index in [0.29, 0.717) is 0 Å². The molecular formula is C18H33N4+. The van der Waals surface area contributed by atoms with E-state index >= 15 is 0 Å². The Kier molecular flexibility index (Phi) is 5.70. The molecule has 0 atom stereocenters. The third-order valence-corrected chi connectivity index (χ3v) is 4.44. The highest BCUT2D eigenvalue weighted by atomic mass is 15.3. The van der Waals surface area contributed by atoms with Crippen LogP contribution in [-0.4, -0.2) is 70.3 Å². The zero-order chi connectivity index (χ0) is 16.2. The van der Waals surface area contributed by atoms with Gasteiger partial charge in [-0.2, -0.15) is 0 Å². The topological polar surface area (TPSA) is 32.5 Å². The monoisotopic (exact) mass is 305 g/mol. The van der Waals surface area contributed by atoms with Crippen LogP contribution in [0.15, 0.2) is 18.2 Å². The van der Waals surface area contributed by atoms with Crippen molar-refractivity contribution in [3.63, 3.8) is 0 Å². The van der Waals surface area contributed by atoms with E-state index in [2.05, 4.69) is 50.1 Å². The summed E-state index contributed by atoms with van der Waals surface area (Å²) in [6.45, 7) is 5.77. The molecule has 4 nitrogen and oxygen atoms in total. The Balaban J connectivity index is 1.81. The summed E-state index contributed by atoms with van der Waals surface area (Å²) in [6, 6.07) is 6.37. The number of benzene rings is 1. The van der Waals surface area contributed by atoms with Crippen LogP contribution in [0.3, 0.4) is 0 Å².